The van der Waals surface area contributed by atoms with Crippen molar-refractivity contribution in [3.63, 3.8) is 0 Å². The van der Waals surface area contributed by atoms with Gasteiger partial charge in [0.15, 0.2) is 5.78 Å². The lowest BCUT2D eigenvalue weighted by atomic mass is 9.88. The average molecular weight is 241 g/mol. The second-order valence-electron chi connectivity index (χ2n) is 4.34. The zero-order chi connectivity index (χ0) is 12.6. The van der Waals surface area contributed by atoms with E-state index in [1.165, 1.54) is 13.0 Å². The third-order valence-electron chi connectivity index (χ3n) is 3.02. The van der Waals surface area contributed by atoms with E-state index >= 15 is 0 Å². The molecule has 1 atom stereocenters. The average Bonchev–Trinajstić information content (AvgIpc) is 2.72. The molecule has 1 aliphatic rings. The van der Waals surface area contributed by atoms with E-state index in [2.05, 4.69) is 0 Å². The summed E-state index contributed by atoms with van der Waals surface area (Å²) in [5, 5.41) is 0. The molecule has 1 unspecified atom stereocenters. The highest BCUT2D eigenvalue weighted by molar-refractivity contribution is 6.04. The third kappa shape index (κ3) is 1.96. The number of ketones is 1. The van der Waals surface area contributed by atoms with Crippen LogP contribution in [0.1, 0.15) is 22.3 Å². The van der Waals surface area contributed by atoms with Crippen LogP contribution >= 0.6 is 0 Å². The Morgan fingerprint density at radius 1 is 1.47 bits per heavy atom. The molecule has 1 fully saturated rings. The number of rotatable bonds is 2. The fourth-order valence-electron chi connectivity index (χ4n) is 1.87. The standard InChI is InChI=1S/C12H13F2NO2/c1-7-2-3-8(13)9(10(7)14)11(16)12(15)4-5-17-6-12/h2-3H,4-6,15H2,1H3. The third-order valence-corrected chi connectivity index (χ3v) is 3.02. The van der Waals surface area contributed by atoms with Gasteiger partial charge in [-0.25, -0.2) is 8.78 Å². The summed E-state index contributed by atoms with van der Waals surface area (Å²) in [5.41, 5.74) is 4.17. The van der Waals surface area contributed by atoms with Gasteiger partial charge < -0.3 is 10.5 Å². The fraction of sp³-hybridized carbons (Fsp3) is 0.417. The first-order chi connectivity index (χ1) is 7.96. The molecule has 3 nitrogen and oxygen atoms in total. The van der Waals surface area contributed by atoms with Crippen LogP contribution in [0.5, 0.6) is 0 Å². The molecule has 0 saturated carbocycles. The van der Waals surface area contributed by atoms with Gasteiger partial charge in [0, 0.05) is 6.61 Å². The molecule has 2 N–H and O–H groups in total. The Labute approximate surface area is 97.6 Å². The minimum Gasteiger partial charge on any atom is -0.379 e. The molecule has 5 heteroatoms. The van der Waals surface area contributed by atoms with Crippen molar-refractivity contribution in [3.8, 4) is 0 Å². The number of ether oxygens (including phenoxy) is 1. The van der Waals surface area contributed by atoms with Crippen molar-refractivity contribution in [2.45, 2.75) is 18.9 Å². The molecule has 0 amide bonds. The lowest BCUT2D eigenvalue weighted by Gasteiger charge is -2.20. The summed E-state index contributed by atoms with van der Waals surface area (Å²) >= 11 is 0. The number of aryl methyl sites for hydroxylation is 1. The Hall–Kier alpha value is -1.33. The van der Waals surface area contributed by atoms with Gasteiger partial charge in [-0.15, -0.1) is 0 Å². The number of nitrogens with two attached hydrogens (primary N) is 1. The summed E-state index contributed by atoms with van der Waals surface area (Å²) in [6.07, 6.45) is 0.276. The van der Waals surface area contributed by atoms with E-state index in [9.17, 15) is 13.6 Å². The smallest absolute Gasteiger partial charge is 0.191 e. The Kier molecular flexibility index (Phi) is 2.97. The van der Waals surface area contributed by atoms with E-state index in [1.54, 1.807) is 0 Å². The van der Waals surface area contributed by atoms with Crippen molar-refractivity contribution in [2.75, 3.05) is 13.2 Å². The van der Waals surface area contributed by atoms with Crippen LogP contribution in [-0.2, 0) is 4.74 Å². The number of halogens is 2. The molecule has 2 rings (SSSR count). The van der Waals surface area contributed by atoms with E-state index in [4.69, 9.17) is 10.5 Å². The topological polar surface area (TPSA) is 52.3 Å². The molecule has 92 valence electrons. The first-order valence-electron chi connectivity index (χ1n) is 5.32. The quantitative estimate of drug-likeness (QED) is 0.800. The van der Waals surface area contributed by atoms with E-state index in [0.717, 1.165) is 6.07 Å². The zero-order valence-electron chi connectivity index (χ0n) is 9.43. The second-order valence-corrected chi connectivity index (χ2v) is 4.34. The minimum atomic E-state index is -1.31. The molecule has 1 aromatic carbocycles. The molecule has 1 saturated heterocycles. The fourth-order valence-corrected chi connectivity index (χ4v) is 1.87. The summed E-state index contributed by atoms with van der Waals surface area (Å²) in [4.78, 5) is 12.1. The van der Waals surface area contributed by atoms with Gasteiger partial charge in [0.25, 0.3) is 0 Å². The molecule has 0 aromatic heterocycles. The maximum Gasteiger partial charge on any atom is 0.191 e. The molecular weight excluding hydrogens is 228 g/mol. The largest absolute Gasteiger partial charge is 0.379 e. The molecule has 0 aliphatic carbocycles. The van der Waals surface area contributed by atoms with Crippen molar-refractivity contribution in [1.29, 1.82) is 0 Å². The zero-order valence-corrected chi connectivity index (χ0v) is 9.43. The Balaban J connectivity index is 2.47. The predicted octanol–water partition coefficient (Wildman–Crippen LogP) is 1.57. The van der Waals surface area contributed by atoms with Crippen molar-refractivity contribution >= 4 is 5.78 Å². The molecule has 0 bridgehead atoms. The van der Waals surface area contributed by atoms with Gasteiger partial charge in [0.05, 0.1) is 12.2 Å². The second kappa shape index (κ2) is 4.16. The Bertz CT molecular complexity index is 468. The van der Waals surface area contributed by atoms with E-state index in [0.29, 0.717) is 6.61 Å². The number of carbonyl (C=O) groups is 1. The lowest BCUT2D eigenvalue weighted by molar-refractivity contribution is 0.0854. The SMILES string of the molecule is Cc1ccc(F)c(C(=O)C2(N)CCOC2)c1F. The number of hydrogen-bond acceptors (Lipinski definition) is 3. The van der Waals surface area contributed by atoms with Crippen molar-refractivity contribution in [3.05, 3.63) is 34.9 Å². The van der Waals surface area contributed by atoms with Crippen LogP contribution in [0.15, 0.2) is 12.1 Å². The highest BCUT2D eigenvalue weighted by Crippen LogP contribution is 2.25. The first kappa shape index (κ1) is 12.1. The molecule has 0 radical (unpaired) electrons. The highest BCUT2D eigenvalue weighted by atomic mass is 19.1. The van der Waals surface area contributed by atoms with Crippen LogP contribution in [0.25, 0.3) is 0 Å². The summed E-state index contributed by atoms with van der Waals surface area (Å²) in [6.45, 7) is 1.80. The summed E-state index contributed by atoms with van der Waals surface area (Å²) in [5.74, 6) is -2.45. The molecule has 0 spiro atoms. The van der Waals surface area contributed by atoms with Gasteiger partial charge >= 0.3 is 0 Å². The van der Waals surface area contributed by atoms with E-state index < -0.39 is 28.5 Å². The molecular formula is C12H13F2NO2. The van der Waals surface area contributed by atoms with E-state index in [1.807, 2.05) is 0 Å². The highest BCUT2D eigenvalue weighted by Gasteiger charge is 2.41. The van der Waals surface area contributed by atoms with Gasteiger partial charge in [-0.2, -0.15) is 0 Å². The molecule has 17 heavy (non-hydrogen) atoms. The minimum absolute atomic E-state index is 0.00133. The number of benzene rings is 1. The molecule has 1 aromatic rings. The summed E-state index contributed by atoms with van der Waals surface area (Å²) in [6, 6.07) is 2.36. The maximum atomic E-state index is 13.8. The predicted molar refractivity (Wildman–Crippen MR) is 57.8 cm³/mol. The number of Topliss-reactive ketones (excluding diaryl/α,β-unsaturated/α-hetero) is 1. The van der Waals surface area contributed by atoms with Gasteiger partial charge in [0.2, 0.25) is 0 Å². The van der Waals surface area contributed by atoms with Crippen LogP contribution in [0.3, 0.4) is 0 Å². The van der Waals surface area contributed by atoms with Crippen LogP contribution in [0.4, 0.5) is 8.78 Å². The first-order valence-corrected chi connectivity index (χ1v) is 5.32. The Morgan fingerprint density at radius 3 is 2.76 bits per heavy atom. The van der Waals surface area contributed by atoms with Crippen molar-refractivity contribution < 1.29 is 18.3 Å². The van der Waals surface area contributed by atoms with Gasteiger partial charge in [0.1, 0.15) is 17.2 Å². The summed E-state index contributed by atoms with van der Waals surface area (Å²) < 4.78 is 32.3. The summed E-state index contributed by atoms with van der Waals surface area (Å²) in [7, 11) is 0. The van der Waals surface area contributed by atoms with Crippen LogP contribution in [0.2, 0.25) is 0 Å². The van der Waals surface area contributed by atoms with Crippen LogP contribution < -0.4 is 5.73 Å². The lowest BCUT2D eigenvalue weighted by Crippen LogP contribution is -2.49. The van der Waals surface area contributed by atoms with Gasteiger partial charge in [-0.3, -0.25) is 4.79 Å². The number of hydrogen-bond donors (Lipinski definition) is 1. The maximum absolute atomic E-state index is 13.8. The van der Waals surface area contributed by atoms with Crippen LogP contribution in [0, 0.1) is 18.6 Å². The molecule has 1 heterocycles. The van der Waals surface area contributed by atoms with E-state index in [-0.39, 0.29) is 18.6 Å². The van der Waals surface area contributed by atoms with Gasteiger partial charge in [-0.1, -0.05) is 6.07 Å². The molecule has 1 aliphatic heterocycles. The van der Waals surface area contributed by atoms with Crippen molar-refractivity contribution in [2.24, 2.45) is 5.73 Å². The Morgan fingerprint density at radius 2 is 2.18 bits per heavy atom. The van der Waals surface area contributed by atoms with Crippen molar-refractivity contribution in [1.82, 2.24) is 0 Å². The normalized spacial score (nSPS) is 24.0. The van der Waals surface area contributed by atoms with Gasteiger partial charge in [-0.05, 0) is 25.0 Å². The monoisotopic (exact) mass is 241 g/mol. The van der Waals surface area contributed by atoms with Crippen LogP contribution in [-0.4, -0.2) is 24.5 Å². The number of carbonyl (C=O) groups excluding carboxylic acids is 1.